The van der Waals surface area contributed by atoms with Crippen molar-refractivity contribution in [3.63, 3.8) is 0 Å². The van der Waals surface area contributed by atoms with Gasteiger partial charge in [0.25, 0.3) is 0 Å². The third-order valence-corrected chi connectivity index (χ3v) is 5.27. The number of thioether (sulfide) groups is 1. The summed E-state index contributed by atoms with van der Waals surface area (Å²) in [5.74, 6) is 2.05. The Morgan fingerprint density at radius 3 is 2.21 bits per heavy atom. The van der Waals surface area contributed by atoms with Gasteiger partial charge in [0.1, 0.15) is 0 Å². The molecule has 0 aliphatic rings. The van der Waals surface area contributed by atoms with E-state index in [1.807, 2.05) is 11.8 Å². The first kappa shape index (κ1) is 15.1. The molecular formula is C22H19NS. The summed E-state index contributed by atoms with van der Waals surface area (Å²) in [6.07, 6.45) is 4.39. The first-order chi connectivity index (χ1) is 11.9. The standard InChI is InChI=1S/C22H19NS/c1-3-9-18(10-4-1)16-24-17-21-20(19-11-5-2-6-12-19)15-23-14-8-7-13-22(21)23/h1-15H,16-17H2. The second-order valence-electron chi connectivity index (χ2n) is 5.86. The van der Waals surface area contributed by atoms with Gasteiger partial charge in [-0.25, -0.2) is 0 Å². The maximum Gasteiger partial charge on any atom is 0.0496 e. The third kappa shape index (κ3) is 3.10. The molecule has 2 aromatic heterocycles. The van der Waals surface area contributed by atoms with Gasteiger partial charge in [0.15, 0.2) is 0 Å². The van der Waals surface area contributed by atoms with E-state index >= 15 is 0 Å². The first-order valence-electron chi connectivity index (χ1n) is 8.17. The molecule has 2 heterocycles. The zero-order chi connectivity index (χ0) is 16.2. The van der Waals surface area contributed by atoms with E-state index in [9.17, 15) is 0 Å². The van der Waals surface area contributed by atoms with Crippen molar-refractivity contribution >= 4 is 17.3 Å². The fraction of sp³-hybridized carbons (Fsp3) is 0.0909. The van der Waals surface area contributed by atoms with Crippen LogP contribution < -0.4 is 0 Å². The lowest BCUT2D eigenvalue weighted by Crippen LogP contribution is -1.86. The molecule has 118 valence electrons. The van der Waals surface area contributed by atoms with Crippen LogP contribution in [0.3, 0.4) is 0 Å². The summed E-state index contributed by atoms with van der Waals surface area (Å²) in [4.78, 5) is 0. The average Bonchev–Trinajstić information content (AvgIpc) is 3.02. The minimum absolute atomic E-state index is 1.01. The molecule has 0 aliphatic heterocycles. The molecule has 0 N–H and O–H groups in total. The van der Waals surface area contributed by atoms with Gasteiger partial charge in [-0.1, -0.05) is 66.7 Å². The predicted molar refractivity (Wildman–Crippen MR) is 104 cm³/mol. The SMILES string of the molecule is c1ccc(CSCc2c(-c3ccccc3)cn3ccccc23)cc1. The highest BCUT2D eigenvalue weighted by Gasteiger charge is 2.12. The summed E-state index contributed by atoms with van der Waals surface area (Å²) >= 11 is 1.97. The Kier molecular flexibility index (Phi) is 4.39. The Morgan fingerprint density at radius 2 is 1.42 bits per heavy atom. The van der Waals surface area contributed by atoms with Crippen molar-refractivity contribution in [2.24, 2.45) is 0 Å². The largest absolute Gasteiger partial charge is 0.323 e. The van der Waals surface area contributed by atoms with Crippen LogP contribution in [0, 0.1) is 0 Å². The Morgan fingerprint density at radius 1 is 0.708 bits per heavy atom. The second-order valence-corrected chi connectivity index (χ2v) is 6.84. The third-order valence-electron chi connectivity index (χ3n) is 4.24. The lowest BCUT2D eigenvalue weighted by molar-refractivity contribution is 1.20. The minimum atomic E-state index is 1.01. The Hall–Kier alpha value is -2.45. The summed E-state index contributed by atoms with van der Waals surface area (Å²) in [6.45, 7) is 0. The van der Waals surface area contributed by atoms with E-state index in [0.717, 1.165) is 11.5 Å². The molecule has 0 aliphatic carbocycles. The molecule has 4 rings (SSSR count). The highest BCUT2D eigenvalue weighted by atomic mass is 32.2. The summed E-state index contributed by atoms with van der Waals surface area (Å²) < 4.78 is 2.24. The molecule has 2 aromatic carbocycles. The van der Waals surface area contributed by atoms with Crippen molar-refractivity contribution in [2.75, 3.05) is 0 Å². The molecule has 24 heavy (non-hydrogen) atoms. The highest BCUT2D eigenvalue weighted by Crippen LogP contribution is 2.32. The van der Waals surface area contributed by atoms with E-state index in [-0.39, 0.29) is 0 Å². The fourth-order valence-electron chi connectivity index (χ4n) is 3.04. The van der Waals surface area contributed by atoms with Crippen LogP contribution in [0.15, 0.2) is 91.3 Å². The second kappa shape index (κ2) is 6.98. The van der Waals surface area contributed by atoms with Crippen molar-refractivity contribution in [3.05, 3.63) is 102 Å². The van der Waals surface area contributed by atoms with Crippen LogP contribution >= 0.6 is 11.8 Å². The Bertz CT molecular complexity index is 926. The fourth-order valence-corrected chi connectivity index (χ4v) is 4.08. The van der Waals surface area contributed by atoms with E-state index in [1.165, 1.54) is 27.8 Å². The van der Waals surface area contributed by atoms with E-state index in [4.69, 9.17) is 0 Å². The summed E-state index contributed by atoms with van der Waals surface area (Å²) in [5, 5.41) is 0. The molecule has 0 saturated heterocycles. The molecule has 0 bridgehead atoms. The van der Waals surface area contributed by atoms with Gasteiger partial charge in [-0.2, -0.15) is 11.8 Å². The smallest absolute Gasteiger partial charge is 0.0496 e. The lowest BCUT2D eigenvalue weighted by atomic mass is 10.0. The molecule has 0 atom stereocenters. The first-order valence-corrected chi connectivity index (χ1v) is 9.33. The summed E-state index contributed by atoms with van der Waals surface area (Å²) in [6, 6.07) is 27.8. The zero-order valence-electron chi connectivity index (χ0n) is 13.4. The zero-order valence-corrected chi connectivity index (χ0v) is 14.2. The predicted octanol–water partition coefficient (Wildman–Crippen LogP) is 6.04. The Labute approximate surface area is 147 Å². The van der Waals surface area contributed by atoms with E-state index in [2.05, 4.69) is 95.7 Å². The van der Waals surface area contributed by atoms with Crippen LogP contribution in [-0.4, -0.2) is 4.40 Å². The number of nitrogens with zero attached hydrogens (tertiary/aromatic N) is 1. The van der Waals surface area contributed by atoms with Crippen LogP contribution in [0.25, 0.3) is 16.6 Å². The van der Waals surface area contributed by atoms with E-state index in [0.29, 0.717) is 0 Å². The lowest BCUT2D eigenvalue weighted by Gasteiger charge is -2.06. The average molecular weight is 329 g/mol. The normalized spacial score (nSPS) is 11.0. The van der Waals surface area contributed by atoms with Crippen LogP contribution in [0.2, 0.25) is 0 Å². The van der Waals surface area contributed by atoms with Crippen LogP contribution in [0.1, 0.15) is 11.1 Å². The van der Waals surface area contributed by atoms with Gasteiger partial charge in [-0.3, -0.25) is 0 Å². The molecule has 4 aromatic rings. The number of aromatic nitrogens is 1. The van der Waals surface area contributed by atoms with Crippen molar-refractivity contribution in [2.45, 2.75) is 11.5 Å². The van der Waals surface area contributed by atoms with Crippen molar-refractivity contribution in [1.82, 2.24) is 4.40 Å². The molecular weight excluding hydrogens is 310 g/mol. The molecule has 0 amide bonds. The summed E-state index contributed by atoms with van der Waals surface area (Å²) in [7, 11) is 0. The number of benzene rings is 2. The van der Waals surface area contributed by atoms with Gasteiger partial charge in [-0.05, 0) is 28.8 Å². The van der Waals surface area contributed by atoms with Gasteiger partial charge >= 0.3 is 0 Å². The molecule has 1 nitrogen and oxygen atoms in total. The van der Waals surface area contributed by atoms with Gasteiger partial charge < -0.3 is 4.40 Å². The van der Waals surface area contributed by atoms with Gasteiger partial charge in [0.2, 0.25) is 0 Å². The molecule has 0 unspecified atom stereocenters. The minimum Gasteiger partial charge on any atom is -0.323 e. The van der Waals surface area contributed by atoms with Gasteiger partial charge in [0, 0.05) is 35.0 Å². The van der Waals surface area contributed by atoms with Crippen molar-refractivity contribution < 1.29 is 0 Å². The van der Waals surface area contributed by atoms with Crippen LogP contribution in [0.5, 0.6) is 0 Å². The maximum atomic E-state index is 2.25. The van der Waals surface area contributed by atoms with E-state index in [1.54, 1.807) is 0 Å². The topological polar surface area (TPSA) is 4.41 Å². The monoisotopic (exact) mass is 329 g/mol. The highest BCUT2D eigenvalue weighted by molar-refractivity contribution is 7.97. The molecule has 2 heteroatoms. The molecule has 0 spiro atoms. The number of pyridine rings is 1. The quantitative estimate of drug-likeness (QED) is 0.432. The van der Waals surface area contributed by atoms with Crippen molar-refractivity contribution in [3.8, 4) is 11.1 Å². The number of fused-ring (bicyclic) bond motifs is 1. The maximum absolute atomic E-state index is 2.25. The van der Waals surface area contributed by atoms with Crippen LogP contribution in [0.4, 0.5) is 0 Å². The van der Waals surface area contributed by atoms with Gasteiger partial charge in [0.05, 0.1) is 0 Å². The van der Waals surface area contributed by atoms with Gasteiger partial charge in [-0.15, -0.1) is 0 Å². The number of rotatable bonds is 5. The Balaban J connectivity index is 1.65. The van der Waals surface area contributed by atoms with Crippen molar-refractivity contribution in [1.29, 1.82) is 0 Å². The molecule has 0 saturated carbocycles. The number of hydrogen-bond acceptors (Lipinski definition) is 1. The molecule has 0 fully saturated rings. The van der Waals surface area contributed by atoms with E-state index < -0.39 is 0 Å². The number of hydrogen-bond donors (Lipinski definition) is 0. The molecule has 0 radical (unpaired) electrons. The summed E-state index contributed by atoms with van der Waals surface area (Å²) in [5.41, 5.74) is 6.73. The van der Waals surface area contributed by atoms with Crippen LogP contribution in [-0.2, 0) is 11.5 Å².